The van der Waals surface area contributed by atoms with Gasteiger partial charge in [-0.3, -0.25) is 0 Å². The summed E-state index contributed by atoms with van der Waals surface area (Å²) < 4.78 is 5.84. The Bertz CT molecular complexity index is 568. The van der Waals surface area contributed by atoms with Crippen LogP contribution in [0.4, 0.5) is 5.69 Å². The molecule has 2 nitrogen and oxygen atoms in total. The zero-order chi connectivity index (χ0) is 12.5. The molecular weight excluding hydrogens is 246 g/mol. The van der Waals surface area contributed by atoms with Gasteiger partial charge in [-0.2, -0.15) is 0 Å². The van der Waals surface area contributed by atoms with Gasteiger partial charge in [-0.05, 0) is 36.8 Å². The van der Waals surface area contributed by atoms with Gasteiger partial charge in [0.15, 0.2) is 6.73 Å². The molecular formula is C15H14ClNO. The second kappa shape index (κ2) is 4.54. The number of aryl methyl sites for hydroxylation is 1. The van der Waals surface area contributed by atoms with Crippen LogP contribution >= 0.6 is 11.6 Å². The molecule has 1 aliphatic rings. The molecule has 0 amide bonds. The van der Waals surface area contributed by atoms with Crippen molar-refractivity contribution in [2.75, 3.05) is 11.6 Å². The van der Waals surface area contributed by atoms with E-state index in [4.69, 9.17) is 16.3 Å². The third kappa shape index (κ3) is 2.04. The van der Waals surface area contributed by atoms with E-state index in [2.05, 4.69) is 17.0 Å². The predicted octanol–water partition coefficient (Wildman–Crippen LogP) is 4.00. The van der Waals surface area contributed by atoms with Gasteiger partial charge in [0, 0.05) is 22.8 Å². The SMILES string of the molecule is Cc1cc(Cl)cc2c1OCN(c1ccccc1)C2. The van der Waals surface area contributed by atoms with Crippen molar-refractivity contribution in [3.05, 3.63) is 58.6 Å². The minimum Gasteiger partial charge on any atom is -0.472 e. The summed E-state index contributed by atoms with van der Waals surface area (Å²) in [6.07, 6.45) is 0. The first-order valence-electron chi connectivity index (χ1n) is 5.96. The molecule has 3 heteroatoms. The van der Waals surface area contributed by atoms with Crippen molar-refractivity contribution >= 4 is 17.3 Å². The van der Waals surface area contributed by atoms with E-state index >= 15 is 0 Å². The lowest BCUT2D eigenvalue weighted by molar-refractivity contribution is 0.287. The molecule has 0 aromatic heterocycles. The smallest absolute Gasteiger partial charge is 0.161 e. The zero-order valence-corrected chi connectivity index (χ0v) is 10.9. The van der Waals surface area contributed by atoms with E-state index in [0.29, 0.717) is 6.73 Å². The van der Waals surface area contributed by atoms with E-state index in [1.54, 1.807) is 0 Å². The average molecular weight is 260 g/mol. The molecule has 3 rings (SSSR count). The van der Waals surface area contributed by atoms with Crippen molar-refractivity contribution in [3.63, 3.8) is 0 Å². The third-order valence-electron chi connectivity index (χ3n) is 3.16. The van der Waals surface area contributed by atoms with Gasteiger partial charge in [0.2, 0.25) is 0 Å². The van der Waals surface area contributed by atoms with Gasteiger partial charge in [-0.1, -0.05) is 29.8 Å². The number of halogens is 1. The summed E-state index contributed by atoms with van der Waals surface area (Å²) in [5.74, 6) is 0.978. The van der Waals surface area contributed by atoms with Crippen LogP contribution in [0.15, 0.2) is 42.5 Å². The number of hydrogen-bond donors (Lipinski definition) is 0. The number of nitrogens with zero attached hydrogens (tertiary/aromatic N) is 1. The van der Waals surface area contributed by atoms with Crippen LogP contribution in [0, 0.1) is 6.92 Å². The highest BCUT2D eigenvalue weighted by molar-refractivity contribution is 6.30. The second-order valence-corrected chi connectivity index (χ2v) is 4.95. The zero-order valence-electron chi connectivity index (χ0n) is 10.2. The van der Waals surface area contributed by atoms with Crippen LogP contribution in [0.5, 0.6) is 5.75 Å². The van der Waals surface area contributed by atoms with Crippen LogP contribution < -0.4 is 9.64 Å². The Morgan fingerprint density at radius 1 is 1.17 bits per heavy atom. The largest absolute Gasteiger partial charge is 0.472 e. The highest BCUT2D eigenvalue weighted by Gasteiger charge is 2.19. The standard InChI is InChI=1S/C15H14ClNO/c1-11-7-13(16)8-12-9-17(10-18-15(11)12)14-5-3-2-4-6-14/h2-8H,9-10H2,1H3. The van der Waals surface area contributed by atoms with Crippen molar-refractivity contribution in [1.29, 1.82) is 0 Å². The molecule has 0 fully saturated rings. The minimum absolute atomic E-state index is 0.583. The van der Waals surface area contributed by atoms with Crippen molar-refractivity contribution in [3.8, 4) is 5.75 Å². The summed E-state index contributed by atoms with van der Waals surface area (Å²) in [7, 11) is 0. The Labute approximate surface area is 112 Å². The molecule has 0 saturated heterocycles. The second-order valence-electron chi connectivity index (χ2n) is 4.52. The number of benzene rings is 2. The molecule has 0 N–H and O–H groups in total. The summed E-state index contributed by atoms with van der Waals surface area (Å²) in [6, 6.07) is 14.2. The molecule has 0 spiro atoms. The van der Waals surface area contributed by atoms with E-state index in [0.717, 1.165) is 28.4 Å². The fourth-order valence-corrected chi connectivity index (χ4v) is 2.62. The lowest BCUT2D eigenvalue weighted by Gasteiger charge is -2.31. The van der Waals surface area contributed by atoms with Gasteiger partial charge < -0.3 is 9.64 Å². The molecule has 0 radical (unpaired) electrons. The lowest BCUT2D eigenvalue weighted by Crippen LogP contribution is -2.32. The van der Waals surface area contributed by atoms with Crippen LogP contribution in [0.1, 0.15) is 11.1 Å². The first kappa shape index (κ1) is 11.4. The number of para-hydroxylation sites is 1. The van der Waals surface area contributed by atoms with Gasteiger partial charge in [0.1, 0.15) is 5.75 Å². The number of fused-ring (bicyclic) bond motifs is 1. The molecule has 0 aliphatic carbocycles. The topological polar surface area (TPSA) is 12.5 Å². The molecule has 92 valence electrons. The first-order chi connectivity index (χ1) is 8.74. The summed E-state index contributed by atoms with van der Waals surface area (Å²) in [6.45, 7) is 3.45. The highest BCUT2D eigenvalue weighted by atomic mass is 35.5. The van der Waals surface area contributed by atoms with E-state index in [9.17, 15) is 0 Å². The van der Waals surface area contributed by atoms with Gasteiger partial charge >= 0.3 is 0 Å². The Morgan fingerprint density at radius 2 is 1.94 bits per heavy atom. The maximum absolute atomic E-state index is 6.10. The Hall–Kier alpha value is -1.67. The van der Waals surface area contributed by atoms with E-state index in [1.807, 2.05) is 37.3 Å². The Balaban J connectivity index is 1.94. The summed E-state index contributed by atoms with van der Waals surface area (Å²) in [4.78, 5) is 2.19. The van der Waals surface area contributed by atoms with Crippen LogP contribution in [-0.4, -0.2) is 6.73 Å². The van der Waals surface area contributed by atoms with Crippen LogP contribution in [0.25, 0.3) is 0 Å². The fourth-order valence-electron chi connectivity index (χ4n) is 2.32. The number of anilines is 1. The van der Waals surface area contributed by atoms with Crippen LogP contribution in [0.3, 0.4) is 0 Å². The fraction of sp³-hybridized carbons (Fsp3) is 0.200. The molecule has 0 bridgehead atoms. The summed E-state index contributed by atoms with van der Waals surface area (Å²) in [5.41, 5.74) is 3.42. The van der Waals surface area contributed by atoms with Gasteiger partial charge in [-0.25, -0.2) is 0 Å². The Morgan fingerprint density at radius 3 is 2.72 bits per heavy atom. The minimum atomic E-state index is 0.583. The molecule has 18 heavy (non-hydrogen) atoms. The molecule has 2 aromatic rings. The summed E-state index contributed by atoms with van der Waals surface area (Å²) >= 11 is 6.10. The quantitative estimate of drug-likeness (QED) is 0.767. The monoisotopic (exact) mass is 259 g/mol. The predicted molar refractivity (Wildman–Crippen MR) is 74.3 cm³/mol. The van der Waals surface area contributed by atoms with Crippen molar-refractivity contribution in [2.24, 2.45) is 0 Å². The normalized spacial score (nSPS) is 14.0. The molecule has 0 atom stereocenters. The molecule has 2 aromatic carbocycles. The Kier molecular flexibility index (Phi) is 2.88. The maximum Gasteiger partial charge on any atom is 0.161 e. The van der Waals surface area contributed by atoms with E-state index < -0.39 is 0 Å². The van der Waals surface area contributed by atoms with Crippen LogP contribution in [0.2, 0.25) is 5.02 Å². The first-order valence-corrected chi connectivity index (χ1v) is 6.33. The number of ether oxygens (including phenoxy) is 1. The number of hydrogen-bond acceptors (Lipinski definition) is 2. The van der Waals surface area contributed by atoms with Gasteiger partial charge in [0.25, 0.3) is 0 Å². The van der Waals surface area contributed by atoms with E-state index in [1.165, 1.54) is 5.69 Å². The summed E-state index contributed by atoms with van der Waals surface area (Å²) in [5, 5.41) is 0.768. The van der Waals surface area contributed by atoms with Gasteiger partial charge in [-0.15, -0.1) is 0 Å². The highest BCUT2D eigenvalue weighted by Crippen LogP contribution is 2.33. The molecule has 1 heterocycles. The maximum atomic E-state index is 6.10. The van der Waals surface area contributed by atoms with Crippen LogP contribution in [-0.2, 0) is 6.54 Å². The van der Waals surface area contributed by atoms with E-state index in [-0.39, 0.29) is 0 Å². The van der Waals surface area contributed by atoms with Crippen molar-refractivity contribution < 1.29 is 4.74 Å². The van der Waals surface area contributed by atoms with Crippen molar-refractivity contribution in [2.45, 2.75) is 13.5 Å². The molecule has 1 aliphatic heterocycles. The lowest BCUT2D eigenvalue weighted by atomic mass is 10.1. The molecule has 0 saturated carbocycles. The van der Waals surface area contributed by atoms with Crippen molar-refractivity contribution in [1.82, 2.24) is 0 Å². The number of rotatable bonds is 1. The average Bonchev–Trinajstić information content (AvgIpc) is 2.39. The molecule has 0 unspecified atom stereocenters. The van der Waals surface area contributed by atoms with Gasteiger partial charge in [0.05, 0.1) is 0 Å². The third-order valence-corrected chi connectivity index (χ3v) is 3.38.